The van der Waals surface area contributed by atoms with E-state index in [9.17, 15) is 0 Å². The number of morpholine rings is 1. The first kappa shape index (κ1) is 11.0. The lowest BCUT2D eigenvalue weighted by atomic mass is 10.1. The second kappa shape index (κ2) is 6.35. The fourth-order valence-electron chi connectivity index (χ4n) is 1.79. The van der Waals surface area contributed by atoms with Gasteiger partial charge in [-0.25, -0.2) is 0 Å². The third-order valence-corrected chi connectivity index (χ3v) is 2.55. The molecule has 0 aromatic rings. The van der Waals surface area contributed by atoms with Gasteiger partial charge < -0.3 is 9.47 Å². The largest absolute Gasteiger partial charge is 0.383 e. The van der Waals surface area contributed by atoms with Crippen LogP contribution in [0.5, 0.6) is 0 Å². The second-order valence-electron chi connectivity index (χ2n) is 3.55. The summed E-state index contributed by atoms with van der Waals surface area (Å²) >= 11 is 0. The zero-order valence-electron chi connectivity index (χ0n) is 8.79. The molecule has 0 radical (unpaired) electrons. The Morgan fingerprint density at radius 1 is 1.54 bits per heavy atom. The van der Waals surface area contributed by atoms with E-state index in [0.29, 0.717) is 6.04 Å². The lowest BCUT2D eigenvalue weighted by molar-refractivity contribution is -0.0194. The average Bonchev–Trinajstić information content (AvgIpc) is 2.17. The Kier molecular flexibility index (Phi) is 5.35. The van der Waals surface area contributed by atoms with Gasteiger partial charge in [0.25, 0.3) is 0 Å². The van der Waals surface area contributed by atoms with Crippen molar-refractivity contribution in [2.75, 3.05) is 40.0 Å². The fraction of sp³-hybridized carbons (Fsp3) is 1.00. The van der Waals surface area contributed by atoms with E-state index in [1.165, 1.54) is 12.8 Å². The molecule has 0 bridgehead atoms. The predicted molar refractivity (Wildman–Crippen MR) is 53.0 cm³/mol. The highest BCUT2D eigenvalue weighted by molar-refractivity contribution is 4.74. The van der Waals surface area contributed by atoms with E-state index in [2.05, 4.69) is 11.8 Å². The first-order valence-corrected chi connectivity index (χ1v) is 5.19. The summed E-state index contributed by atoms with van der Waals surface area (Å²) in [4.78, 5) is 2.48. The van der Waals surface area contributed by atoms with E-state index in [1.807, 2.05) is 0 Å². The van der Waals surface area contributed by atoms with Crippen LogP contribution >= 0.6 is 0 Å². The van der Waals surface area contributed by atoms with E-state index in [0.717, 1.165) is 32.9 Å². The molecule has 1 atom stereocenters. The minimum Gasteiger partial charge on any atom is -0.383 e. The Hall–Kier alpha value is -0.120. The van der Waals surface area contributed by atoms with Crippen LogP contribution in [0.2, 0.25) is 0 Å². The maximum Gasteiger partial charge on any atom is 0.0622 e. The van der Waals surface area contributed by atoms with Crippen LogP contribution in [-0.4, -0.2) is 51.0 Å². The van der Waals surface area contributed by atoms with Gasteiger partial charge in [0.1, 0.15) is 0 Å². The zero-order chi connectivity index (χ0) is 9.52. The van der Waals surface area contributed by atoms with Gasteiger partial charge in [-0.15, -0.1) is 0 Å². The van der Waals surface area contributed by atoms with Crippen molar-refractivity contribution in [2.24, 2.45) is 0 Å². The van der Waals surface area contributed by atoms with Crippen LogP contribution in [0.1, 0.15) is 19.8 Å². The molecule has 0 aromatic carbocycles. The quantitative estimate of drug-likeness (QED) is 0.644. The molecule has 3 nitrogen and oxygen atoms in total. The van der Waals surface area contributed by atoms with Crippen LogP contribution in [0.15, 0.2) is 0 Å². The average molecular weight is 187 g/mol. The number of hydrogen-bond donors (Lipinski definition) is 0. The summed E-state index contributed by atoms with van der Waals surface area (Å²) in [6.07, 6.45) is 2.47. The molecule has 3 heteroatoms. The third-order valence-electron chi connectivity index (χ3n) is 2.55. The molecule has 0 aliphatic carbocycles. The Labute approximate surface area is 81.0 Å². The molecule has 1 aliphatic rings. The summed E-state index contributed by atoms with van der Waals surface area (Å²) in [6.45, 7) is 6.95. The van der Waals surface area contributed by atoms with Crippen LogP contribution in [0.3, 0.4) is 0 Å². The van der Waals surface area contributed by atoms with Crippen molar-refractivity contribution < 1.29 is 9.47 Å². The van der Waals surface area contributed by atoms with Gasteiger partial charge >= 0.3 is 0 Å². The molecule has 0 saturated carbocycles. The lowest BCUT2D eigenvalue weighted by Gasteiger charge is -2.35. The van der Waals surface area contributed by atoms with E-state index in [-0.39, 0.29) is 0 Å². The molecule has 1 rings (SSSR count). The second-order valence-corrected chi connectivity index (χ2v) is 3.55. The molecule has 1 unspecified atom stereocenters. The van der Waals surface area contributed by atoms with Gasteiger partial charge in [-0.2, -0.15) is 0 Å². The van der Waals surface area contributed by atoms with E-state index in [4.69, 9.17) is 9.47 Å². The summed E-state index contributed by atoms with van der Waals surface area (Å²) in [5.41, 5.74) is 0. The molecule has 0 amide bonds. The van der Waals surface area contributed by atoms with Gasteiger partial charge in [0.05, 0.1) is 19.8 Å². The summed E-state index contributed by atoms with van der Waals surface area (Å²) < 4.78 is 10.6. The molecule has 0 aromatic heterocycles. The van der Waals surface area contributed by atoms with E-state index >= 15 is 0 Å². The highest BCUT2D eigenvalue weighted by Crippen LogP contribution is 2.11. The molecule has 1 heterocycles. The van der Waals surface area contributed by atoms with Gasteiger partial charge in [0.15, 0.2) is 0 Å². The number of rotatable bonds is 5. The molecule has 0 N–H and O–H groups in total. The summed E-state index contributed by atoms with van der Waals surface area (Å²) in [7, 11) is 1.76. The molecule has 78 valence electrons. The van der Waals surface area contributed by atoms with Crippen molar-refractivity contribution in [1.82, 2.24) is 4.90 Å². The van der Waals surface area contributed by atoms with E-state index < -0.39 is 0 Å². The highest BCUT2D eigenvalue weighted by Gasteiger charge is 2.21. The molecule has 1 aliphatic heterocycles. The van der Waals surface area contributed by atoms with Crippen LogP contribution in [0, 0.1) is 0 Å². The number of methoxy groups -OCH3 is 1. The fourth-order valence-corrected chi connectivity index (χ4v) is 1.79. The van der Waals surface area contributed by atoms with Crippen molar-refractivity contribution in [1.29, 1.82) is 0 Å². The van der Waals surface area contributed by atoms with Crippen LogP contribution in [0.25, 0.3) is 0 Å². The van der Waals surface area contributed by atoms with Gasteiger partial charge in [0.2, 0.25) is 0 Å². The first-order chi connectivity index (χ1) is 6.38. The highest BCUT2D eigenvalue weighted by atomic mass is 16.5. The molecule has 0 spiro atoms. The van der Waals surface area contributed by atoms with Gasteiger partial charge in [0, 0.05) is 26.2 Å². The Bertz CT molecular complexity index is 128. The van der Waals surface area contributed by atoms with Crippen molar-refractivity contribution in [3.63, 3.8) is 0 Å². The maximum atomic E-state index is 5.46. The minimum atomic E-state index is 0.619. The lowest BCUT2D eigenvalue weighted by Crippen LogP contribution is -2.46. The normalized spacial score (nSPS) is 24.9. The Balaban J connectivity index is 2.28. The summed E-state index contributed by atoms with van der Waals surface area (Å²) in [5.74, 6) is 0. The Morgan fingerprint density at radius 2 is 2.38 bits per heavy atom. The Morgan fingerprint density at radius 3 is 3.08 bits per heavy atom. The molecule has 13 heavy (non-hydrogen) atoms. The van der Waals surface area contributed by atoms with E-state index in [1.54, 1.807) is 7.11 Å². The van der Waals surface area contributed by atoms with Crippen molar-refractivity contribution in [3.05, 3.63) is 0 Å². The number of hydrogen-bond acceptors (Lipinski definition) is 3. The van der Waals surface area contributed by atoms with Crippen molar-refractivity contribution >= 4 is 0 Å². The van der Waals surface area contributed by atoms with Crippen LogP contribution in [0.4, 0.5) is 0 Å². The van der Waals surface area contributed by atoms with Crippen molar-refractivity contribution in [2.45, 2.75) is 25.8 Å². The number of nitrogens with zero attached hydrogens (tertiary/aromatic N) is 1. The molecule has 1 fully saturated rings. The standard InChI is InChI=1S/C10H21NO2/c1-3-4-10-9-13-8-6-11(10)5-7-12-2/h10H,3-9H2,1-2H3. The topological polar surface area (TPSA) is 21.7 Å². The molecular weight excluding hydrogens is 166 g/mol. The van der Waals surface area contributed by atoms with Gasteiger partial charge in [-0.05, 0) is 6.42 Å². The van der Waals surface area contributed by atoms with Crippen LogP contribution in [-0.2, 0) is 9.47 Å². The zero-order valence-corrected chi connectivity index (χ0v) is 8.79. The summed E-state index contributed by atoms with van der Waals surface area (Å²) in [5, 5.41) is 0. The van der Waals surface area contributed by atoms with Crippen molar-refractivity contribution in [3.8, 4) is 0 Å². The third kappa shape index (κ3) is 3.63. The molecular formula is C10H21NO2. The minimum absolute atomic E-state index is 0.619. The molecule has 1 saturated heterocycles. The SMILES string of the molecule is CCCC1COCCN1CCOC. The maximum absolute atomic E-state index is 5.46. The monoisotopic (exact) mass is 187 g/mol. The number of ether oxygens (including phenoxy) is 2. The smallest absolute Gasteiger partial charge is 0.0622 e. The predicted octanol–water partition coefficient (Wildman–Crippen LogP) is 1.13. The van der Waals surface area contributed by atoms with Crippen LogP contribution < -0.4 is 0 Å². The van der Waals surface area contributed by atoms with Gasteiger partial charge in [-0.3, -0.25) is 4.90 Å². The first-order valence-electron chi connectivity index (χ1n) is 5.19. The van der Waals surface area contributed by atoms with Gasteiger partial charge in [-0.1, -0.05) is 13.3 Å². The summed E-state index contributed by atoms with van der Waals surface area (Å²) in [6, 6.07) is 0.619.